The van der Waals surface area contributed by atoms with Crippen LogP contribution in [0.1, 0.15) is 19.3 Å². The van der Waals surface area contributed by atoms with Crippen LogP contribution in [0.25, 0.3) is 0 Å². The van der Waals surface area contributed by atoms with E-state index in [-0.39, 0.29) is 0 Å². The van der Waals surface area contributed by atoms with E-state index in [0.29, 0.717) is 18.1 Å². The Kier molecular flexibility index (Phi) is 5.32. The van der Waals surface area contributed by atoms with Crippen molar-refractivity contribution in [3.8, 4) is 0 Å². The molecule has 1 saturated carbocycles. The van der Waals surface area contributed by atoms with Crippen molar-refractivity contribution in [3.05, 3.63) is 0 Å². The molecular weight excluding hydrogens is 268 g/mol. The summed E-state index contributed by atoms with van der Waals surface area (Å²) in [6.45, 7) is 6.71. The lowest BCUT2D eigenvalue weighted by atomic mass is 9.72. The average molecular weight is 296 g/mol. The normalized spacial score (nSPS) is 34.0. The summed E-state index contributed by atoms with van der Waals surface area (Å²) >= 11 is 0. The van der Waals surface area contributed by atoms with Crippen LogP contribution < -0.4 is 10.6 Å². The average Bonchev–Trinajstić information content (AvgIpc) is 2.52. The summed E-state index contributed by atoms with van der Waals surface area (Å²) in [5.41, 5.74) is 0. The van der Waals surface area contributed by atoms with Crippen LogP contribution in [-0.4, -0.2) is 76.1 Å². The van der Waals surface area contributed by atoms with Gasteiger partial charge >= 0.3 is 0 Å². The molecular formula is C15H28N4O2. The topological polar surface area (TPSA) is 58.1 Å². The highest BCUT2D eigenvalue weighted by Gasteiger charge is 2.43. The van der Waals surface area contributed by atoms with Gasteiger partial charge in [-0.3, -0.25) is 9.89 Å². The predicted octanol–water partition coefficient (Wildman–Crippen LogP) is 0.0511. The monoisotopic (exact) mass is 296 g/mol. The van der Waals surface area contributed by atoms with Gasteiger partial charge < -0.3 is 20.1 Å². The summed E-state index contributed by atoms with van der Waals surface area (Å²) in [5, 5.41) is 6.98. The van der Waals surface area contributed by atoms with Gasteiger partial charge in [0.25, 0.3) is 0 Å². The van der Waals surface area contributed by atoms with Gasteiger partial charge in [-0.15, -0.1) is 0 Å². The molecule has 0 bridgehead atoms. The lowest BCUT2D eigenvalue weighted by molar-refractivity contribution is -0.0990. The molecule has 2 saturated heterocycles. The molecule has 21 heavy (non-hydrogen) atoms. The lowest BCUT2D eigenvalue weighted by Crippen LogP contribution is -2.60. The quantitative estimate of drug-likeness (QED) is 0.567. The highest BCUT2D eigenvalue weighted by molar-refractivity contribution is 5.80. The molecule has 3 atom stereocenters. The molecule has 6 nitrogen and oxygen atoms in total. The van der Waals surface area contributed by atoms with Gasteiger partial charge in [-0.25, -0.2) is 0 Å². The number of morpholine rings is 1. The minimum absolute atomic E-state index is 0.489. The number of ether oxygens (including phenoxy) is 2. The number of aliphatic imine (C=N–C) groups is 1. The summed E-state index contributed by atoms with van der Waals surface area (Å²) in [5.74, 6) is 1.61. The number of rotatable bonds is 4. The SMILES string of the molecule is CN=C(NCCN1CCOCC1)NC1CC2OCCCC12. The number of nitrogens with one attached hydrogen (secondary N) is 2. The molecule has 3 aliphatic rings. The lowest BCUT2D eigenvalue weighted by Gasteiger charge is -2.47. The van der Waals surface area contributed by atoms with Gasteiger partial charge in [-0.2, -0.15) is 0 Å². The van der Waals surface area contributed by atoms with Crippen molar-refractivity contribution >= 4 is 5.96 Å². The molecule has 2 aliphatic heterocycles. The van der Waals surface area contributed by atoms with E-state index in [1.54, 1.807) is 0 Å². The van der Waals surface area contributed by atoms with E-state index in [0.717, 1.165) is 58.4 Å². The van der Waals surface area contributed by atoms with E-state index in [9.17, 15) is 0 Å². The number of guanidine groups is 1. The van der Waals surface area contributed by atoms with Crippen molar-refractivity contribution in [2.45, 2.75) is 31.4 Å². The fraction of sp³-hybridized carbons (Fsp3) is 0.933. The zero-order valence-electron chi connectivity index (χ0n) is 13.0. The van der Waals surface area contributed by atoms with Gasteiger partial charge in [-0.05, 0) is 19.3 Å². The van der Waals surface area contributed by atoms with Crippen LogP contribution >= 0.6 is 0 Å². The Balaban J connectivity index is 1.35. The highest BCUT2D eigenvalue weighted by Crippen LogP contribution is 2.37. The second-order valence-corrected chi connectivity index (χ2v) is 6.15. The van der Waals surface area contributed by atoms with E-state index in [1.165, 1.54) is 12.8 Å². The first-order chi connectivity index (χ1) is 10.4. The van der Waals surface area contributed by atoms with Gasteiger partial charge in [0, 0.05) is 51.8 Å². The maximum Gasteiger partial charge on any atom is 0.191 e. The smallest absolute Gasteiger partial charge is 0.191 e. The van der Waals surface area contributed by atoms with Crippen LogP contribution in [0.5, 0.6) is 0 Å². The van der Waals surface area contributed by atoms with Crippen LogP contribution in [0, 0.1) is 5.92 Å². The van der Waals surface area contributed by atoms with Gasteiger partial charge in [-0.1, -0.05) is 0 Å². The third kappa shape index (κ3) is 3.87. The van der Waals surface area contributed by atoms with Gasteiger partial charge in [0.15, 0.2) is 5.96 Å². The van der Waals surface area contributed by atoms with E-state index >= 15 is 0 Å². The van der Waals surface area contributed by atoms with Crippen LogP contribution in [0.2, 0.25) is 0 Å². The Morgan fingerprint density at radius 2 is 2.14 bits per heavy atom. The molecule has 0 aromatic carbocycles. The third-order valence-corrected chi connectivity index (χ3v) is 4.86. The molecule has 1 aliphatic carbocycles. The minimum atomic E-state index is 0.489. The molecule has 6 heteroatoms. The van der Waals surface area contributed by atoms with Gasteiger partial charge in [0.05, 0.1) is 19.3 Å². The molecule has 0 aromatic rings. The first-order valence-corrected chi connectivity index (χ1v) is 8.25. The minimum Gasteiger partial charge on any atom is -0.379 e. The number of nitrogens with zero attached hydrogens (tertiary/aromatic N) is 2. The van der Waals surface area contributed by atoms with E-state index < -0.39 is 0 Å². The molecule has 3 rings (SSSR count). The van der Waals surface area contributed by atoms with Gasteiger partial charge in [0.2, 0.25) is 0 Å². The highest BCUT2D eigenvalue weighted by atomic mass is 16.5. The molecule has 2 heterocycles. The van der Waals surface area contributed by atoms with E-state index in [1.807, 2.05) is 7.05 Å². The van der Waals surface area contributed by atoms with Crippen molar-refractivity contribution in [3.63, 3.8) is 0 Å². The second-order valence-electron chi connectivity index (χ2n) is 6.15. The van der Waals surface area contributed by atoms with Crippen molar-refractivity contribution in [1.82, 2.24) is 15.5 Å². The van der Waals surface area contributed by atoms with Crippen molar-refractivity contribution < 1.29 is 9.47 Å². The summed E-state index contributed by atoms with van der Waals surface area (Å²) in [6, 6.07) is 0.532. The molecule has 0 amide bonds. The largest absolute Gasteiger partial charge is 0.379 e. The zero-order chi connectivity index (χ0) is 14.5. The van der Waals surface area contributed by atoms with Crippen LogP contribution in [-0.2, 0) is 9.47 Å². The zero-order valence-corrected chi connectivity index (χ0v) is 13.0. The Hall–Kier alpha value is -0.850. The van der Waals surface area contributed by atoms with Gasteiger partial charge in [0.1, 0.15) is 0 Å². The Bertz CT molecular complexity index is 358. The summed E-state index contributed by atoms with van der Waals surface area (Å²) in [6.07, 6.45) is 4.09. The number of hydrogen-bond donors (Lipinski definition) is 2. The van der Waals surface area contributed by atoms with Crippen molar-refractivity contribution in [2.75, 3.05) is 53.0 Å². The number of fused-ring (bicyclic) bond motifs is 1. The summed E-state index contributed by atoms with van der Waals surface area (Å²) in [7, 11) is 1.84. The Labute approximate surface area is 127 Å². The molecule has 0 spiro atoms. The van der Waals surface area contributed by atoms with Crippen LogP contribution in [0.15, 0.2) is 4.99 Å². The van der Waals surface area contributed by atoms with Crippen LogP contribution in [0.3, 0.4) is 0 Å². The van der Waals surface area contributed by atoms with Crippen molar-refractivity contribution in [2.24, 2.45) is 10.9 Å². The first kappa shape index (κ1) is 15.1. The summed E-state index contributed by atoms with van der Waals surface area (Å²) < 4.78 is 11.1. The Morgan fingerprint density at radius 1 is 1.29 bits per heavy atom. The number of hydrogen-bond acceptors (Lipinski definition) is 4. The molecule has 3 fully saturated rings. The van der Waals surface area contributed by atoms with E-state index in [2.05, 4.69) is 20.5 Å². The second kappa shape index (κ2) is 7.42. The standard InChI is InChI=1S/C15H28N4O2/c1-16-15(17-4-5-19-6-9-20-10-7-19)18-13-11-14-12(13)3-2-8-21-14/h12-14H,2-11H2,1H3,(H2,16,17,18). The predicted molar refractivity (Wildman–Crippen MR) is 82.6 cm³/mol. The van der Waals surface area contributed by atoms with E-state index in [4.69, 9.17) is 9.47 Å². The fourth-order valence-electron chi connectivity index (χ4n) is 3.49. The summed E-state index contributed by atoms with van der Waals surface area (Å²) in [4.78, 5) is 6.77. The molecule has 0 radical (unpaired) electrons. The molecule has 2 N–H and O–H groups in total. The maximum absolute atomic E-state index is 5.76. The molecule has 3 unspecified atom stereocenters. The molecule has 0 aromatic heterocycles. The Morgan fingerprint density at radius 3 is 2.90 bits per heavy atom. The van der Waals surface area contributed by atoms with Crippen molar-refractivity contribution in [1.29, 1.82) is 0 Å². The molecule has 120 valence electrons. The van der Waals surface area contributed by atoms with Crippen LogP contribution in [0.4, 0.5) is 0 Å². The maximum atomic E-state index is 5.76. The third-order valence-electron chi connectivity index (χ3n) is 4.86. The first-order valence-electron chi connectivity index (χ1n) is 8.25. The fourth-order valence-corrected chi connectivity index (χ4v) is 3.49.